The molecule has 0 spiro atoms. The molecule has 0 aliphatic carbocycles. The van der Waals surface area contributed by atoms with Crippen molar-refractivity contribution in [1.82, 2.24) is 9.97 Å². The summed E-state index contributed by atoms with van der Waals surface area (Å²) in [6.07, 6.45) is 0.780. The fraction of sp³-hybridized carbons (Fsp3) is 0.267. The highest BCUT2D eigenvalue weighted by atomic mass is 35.5. The Morgan fingerprint density at radius 3 is 2.59 bits per heavy atom. The van der Waals surface area contributed by atoms with Gasteiger partial charge in [-0.15, -0.1) is 0 Å². The monoisotopic (exact) mass is 319 g/mol. The van der Waals surface area contributed by atoms with E-state index in [1.807, 2.05) is 4.90 Å². The molecule has 0 saturated carbocycles. The molecule has 2 heterocycles. The van der Waals surface area contributed by atoms with Gasteiger partial charge in [-0.1, -0.05) is 11.6 Å². The van der Waals surface area contributed by atoms with Crippen LogP contribution in [0.25, 0.3) is 0 Å². The quantitative estimate of drug-likeness (QED) is 0.637. The molecule has 1 aromatic carbocycles. The molecule has 1 aromatic heterocycles. The summed E-state index contributed by atoms with van der Waals surface area (Å²) >= 11 is 6.05. The highest BCUT2D eigenvalue weighted by Crippen LogP contribution is 2.24. The summed E-state index contributed by atoms with van der Waals surface area (Å²) in [7, 11) is 0. The number of halogens is 1. The highest BCUT2D eigenvalue weighted by Gasteiger charge is 2.16. The summed E-state index contributed by atoms with van der Waals surface area (Å²) in [6.45, 7) is 2.71. The number of carbonyl (C=O) groups excluding carboxylic acids is 1. The molecule has 7 heteroatoms. The molecule has 1 saturated heterocycles. The second kappa shape index (κ2) is 6.72. The molecule has 0 unspecified atom stereocenters. The Balaban J connectivity index is 1.80. The van der Waals surface area contributed by atoms with Gasteiger partial charge < -0.3 is 14.4 Å². The van der Waals surface area contributed by atoms with E-state index in [4.69, 9.17) is 21.1 Å². The Kier molecular flexibility index (Phi) is 4.50. The Labute approximate surface area is 132 Å². The summed E-state index contributed by atoms with van der Waals surface area (Å²) < 4.78 is 11.0. The lowest BCUT2D eigenvalue weighted by Crippen LogP contribution is -2.37. The third-order valence-corrected chi connectivity index (χ3v) is 3.39. The van der Waals surface area contributed by atoms with Crippen LogP contribution in [0.15, 0.2) is 30.3 Å². The van der Waals surface area contributed by atoms with Gasteiger partial charge in [0, 0.05) is 24.7 Å². The van der Waals surface area contributed by atoms with Crippen molar-refractivity contribution in [2.75, 3.05) is 31.2 Å². The minimum Gasteiger partial charge on any atom is -0.439 e. The molecule has 1 fully saturated rings. The summed E-state index contributed by atoms with van der Waals surface area (Å²) in [5.41, 5.74) is 0.585. The van der Waals surface area contributed by atoms with Gasteiger partial charge in [0.05, 0.1) is 13.2 Å². The summed E-state index contributed by atoms with van der Waals surface area (Å²) in [5, 5.41) is 0.316. The number of benzene rings is 1. The third kappa shape index (κ3) is 3.52. The number of hydrogen-bond acceptors (Lipinski definition) is 6. The topological polar surface area (TPSA) is 64.5 Å². The molecule has 0 N–H and O–H groups in total. The van der Waals surface area contributed by atoms with E-state index in [-0.39, 0.29) is 0 Å². The molecule has 0 bridgehead atoms. The first kappa shape index (κ1) is 14.7. The SMILES string of the molecule is O=Cc1ccc(Oc2cc(Cl)nc(N3CCOCC3)n2)cc1. The maximum Gasteiger partial charge on any atom is 0.230 e. The lowest BCUT2D eigenvalue weighted by molar-refractivity contribution is 0.112. The van der Waals surface area contributed by atoms with Crippen molar-refractivity contribution in [2.45, 2.75) is 0 Å². The lowest BCUT2D eigenvalue weighted by Gasteiger charge is -2.26. The number of hydrogen-bond donors (Lipinski definition) is 0. The summed E-state index contributed by atoms with van der Waals surface area (Å²) in [5.74, 6) is 1.46. The normalized spacial score (nSPS) is 14.7. The first-order chi connectivity index (χ1) is 10.7. The number of morpholine rings is 1. The Morgan fingerprint density at radius 2 is 1.91 bits per heavy atom. The van der Waals surface area contributed by atoms with Gasteiger partial charge in [-0.2, -0.15) is 4.98 Å². The first-order valence-corrected chi connectivity index (χ1v) is 7.23. The van der Waals surface area contributed by atoms with Gasteiger partial charge in [-0.3, -0.25) is 4.79 Å². The van der Waals surface area contributed by atoms with E-state index in [9.17, 15) is 4.79 Å². The van der Waals surface area contributed by atoms with Crippen LogP contribution in [-0.2, 0) is 4.74 Å². The predicted octanol–water partition coefficient (Wildman–Crippen LogP) is 2.57. The van der Waals surface area contributed by atoms with Crippen LogP contribution < -0.4 is 9.64 Å². The average Bonchev–Trinajstić information content (AvgIpc) is 2.56. The van der Waals surface area contributed by atoms with E-state index in [0.717, 1.165) is 6.29 Å². The average molecular weight is 320 g/mol. The molecule has 0 atom stereocenters. The number of anilines is 1. The molecule has 1 aliphatic rings. The van der Waals surface area contributed by atoms with Gasteiger partial charge in [0.25, 0.3) is 0 Å². The zero-order valence-electron chi connectivity index (χ0n) is 11.7. The molecule has 6 nitrogen and oxygen atoms in total. The molecular weight excluding hydrogens is 306 g/mol. The maximum atomic E-state index is 10.6. The van der Waals surface area contributed by atoms with Crippen LogP contribution in [0.5, 0.6) is 11.6 Å². The maximum absolute atomic E-state index is 10.6. The number of carbonyl (C=O) groups is 1. The van der Waals surface area contributed by atoms with Gasteiger partial charge >= 0.3 is 0 Å². The Bertz CT molecular complexity index is 658. The molecule has 1 aliphatic heterocycles. The molecule has 2 aromatic rings. The molecule has 22 heavy (non-hydrogen) atoms. The second-order valence-electron chi connectivity index (χ2n) is 4.72. The minimum absolute atomic E-state index is 0.316. The van der Waals surface area contributed by atoms with Crippen LogP contribution in [0.1, 0.15) is 10.4 Å². The van der Waals surface area contributed by atoms with Crippen molar-refractivity contribution in [3.05, 3.63) is 41.0 Å². The molecular formula is C15H14ClN3O3. The zero-order valence-corrected chi connectivity index (χ0v) is 12.5. The largest absolute Gasteiger partial charge is 0.439 e. The van der Waals surface area contributed by atoms with Crippen LogP contribution in [-0.4, -0.2) is 42.6 Å². The van der Waals surface area contributed by atoms with E-state index in [1.165, 1.54) is 0 Å². The third-order valence-electron chi connectivity index (χ3n) is 3.19. The molecule has 3 rings (SSSR count). The smallest absolute Gasteiger partial charge is 0.230 e. The predicted molar refractivity (Wildman–Crippen MR) is 82.0 cm³/mol. The van der Waals surface area contributed by atoms with Gasteiger partial charge in [-0.25, -0.2) is 4.98 Å². The van der Waals surface area contributed by atoms with Crippen molar-refractivity contribution in [1.29, 1.82) is 0 Å². The number of aldehydes is 1. The molecule has 0 amide bonds. The first-order valence-electron chi connectivity index (χ1n) is 6.85. The van der Waals surface area contributed by atoms with E-state index in [0.29, 0.717) is 54.6 Å². The summed E-state index contributed by atoms with van der Waals surface area (Å²) in [4.78, 5) is 21.2. The van der Waals surface area contributed by atoms with E-state index >= 15 is 0 Å². The number of nitrogens with zero attached hydrogens (tertiary/aromatic N) is 3. The minimum atomic E-state index is 0.316. The van der Waals surface area contributed by atoms with Crippen molar-refractivity contribution in [3.63, 3.8) is 0 Å². The van der Waals surface area contributed by atoms with E-state index in [2.05, 4.69) is 9.97 Å². The van der Waals surface area contributed by atoms with Gasteiger partial charge in [-0.05, 0) is 24.3 Å². The number of ether oxygens (including phenoxy) is 2. The number of aromatic nitrogens is 2. The molecule has 114 valence electrons. The van der Waals surface area contributed by atoms with Crippen molar-refractivity contribution >= 4 is 23.8 Å². The van der Waals surface area contributed by atoms with Crippen LogP contribution in [0, 0.1) is 0 Å². The van der Waals surface area contributed by atoms with E-state index < -0.39 is 0 Å². The van der Waals surface area contributed by atoms with Gasteiger partial charge in [0.15, 0.2) is 0 Å². The second-order valence-corrected chi connectivity index (χ2v) is 5.10. The fourth-order valence-corrected chi connectivity index (χ4v) is 2.25. The van der Waals surface area contributed by atoms with Crippen LogP contribution in [0.2, 0.25) is 5.15 Å². The van der Waals surface area contributed by atoms with Crippen LogP contribution >= 0.6 is 11.6 Å². The van der Waals surface area contributed by atoms with Crippen molar-refractivity contribution in [2.24, 2.45) is 0 Å². The van der Waals surface area contributed by atoms with Gasteiger partial charge in [0.1, 0.15) is 17.2 Å². The Hall–Kier alpha value is -2.18. The van der Waals surface area contributed by atoms with Crippen molar-refractivity contribution in [3.8, 4) is 11.6 Å². The van der Waals surface area contributed by atoms with Crippen molar-refractivity contribution < 1.29 is 14.3 Å². The number of rotatable bonds is 4. The zero-order chi connectivity index (χ0) is 15.4. The standard InChI is InChI=1S/C15H14ClN3O3/c16-13-9-14(22-12-3-1-11(10-20)2-4-12)18-15(17-13)19-5-7-21-8-6-19/h1-4,9-10H,5-8H2. The van der Waals surface area contributed by atoms with Crippen LogP contribution in [0.4, 0.5) is 5.95 Å². The fourth-order valence-electron chi connectivity index (χ4n) is 2.08. The highest BCUT2D eigenvalue weighted by molar-refractivity contribution is 6.29. The van der Waals surface area contributed by atoms with E-state index in [1.54, 1.807) is 30.3 Å². The van der Waals surface area contributed by atoms with Gasteiger partial charge in [0.2, 0.25) is 11.8 Å². The lowest BCUT2D eigenvalue weighted by atomic mass is 10.2. The Morgan fingerprint density at radius 1 is 1.18 bits per heavy atom. The van der Waals surface area contributed by atoms with Crippen LogP contribution in [0.3, 0.4) is 0 Å². The molecule has 0 radical (unpaired) electrons. The summed E-state index contributed by atoms with van der Waals surface area (Å²) in [6, 6.07) is 8.31.